The summed E-state index contributed by atoms with van der Waals surface area (Å²) in [5, 5.41) is 0.549. The van der Waals surface area contributed by atoms with E-state index in [4.69, 9.17) is 14.5 Å². The highest BCUT2D eigenvalue weighted by molar-refractivity contribution is 7.89. The molecule has 5 rings (SSSR count). The van der Waals surface area contributed by atoms with Gasteiger partial charge in [-0.1, -0.05) is 29.0 Å². The van der Waals surface area contributed by atoms with Crippen molar-refractivity contribution in [3.05, 3.63) is 48.0 Å². The lowest BCUT2D eigenvalue weighted by Crippen LogP contribution is -2.49. The highest BCUT2D eigenvalue weighted by Crippen LogP contribution is 2.34. The Morgan fingerprint density at radius 3 is 2.71 bits per heavy atom. The number of aryl methyl sites for hydroxylation is 1. The predicted molar refractivity (Wildman–Crippen MR) is 136 cm³/mol. The Balaban J connectivity index is 1.48. The first kappa shape index (κ1) is 24.2. The zero-order chi connectivity index (χ0) is 24.6. The molecule has 0 aliphatic carbocycles. The molecule has 35 heavy (non-hydrogen) atoms. The van der Waals surface area contributed by atoms with Crippen LogP contribution in [0.4, 0.5) is 5.13 Å². The van der Waals surface area contributed by atoms with Crippen LogP contribution in [0.3, 0.4) is 0 Å². The third-order valence-electron chi connectivity index (χ3n) is 6.61. The van der Waals surface area contributed by atoms with Gasteiger partial charge in [-0.25, -0.2) is 13.4 Å². The van der Waals surface area contributed by atoms with Crippen LogP contribution in [0.1, 0.15) is 31.2 Å². The minimum atomic E-state index is -3.81. The van der Waals surface area contributed by atoms with Gasteiger partial charge in [-0.05, 0) is 56.9 Å². The van der Waals surface area contributed by atoms with Crippen molar-refractivity contribution in [3.8, 4) is 5.75 Å². The molecule has 0 N–H and O–H groups in total. The van der Waals surface area contributed by atoms with Crippen molar-refractivity contribution in [3.63, 3.8) is 0 Å². The molecule has 0 saturated carbocycles. The number of thiazole rings is 1. The minimum absolute atomic E-state index is 0.0935. The average Bonchev–Trinajstić information content (AvgIpc) is 3.62. The molecule has 2 fully saturated rings. The molecule has 2 atom stereocenters. The molecule has 3 heterocycles. The molecule has 0 spiro atoms. The second-order valence-corrected chi connectivity index (χ2v) is 11.9. The number of anilines is 1. The van der Waals surface area contributed by atoms with Crippen molar-refractivity contribution in [2.75, 3.05) is 31.7 Å². The van der Waals surface area contributed by atoms with Crippen LogP contribution in [-0.4, -0.2) is 62.6 Å². The normalized spacial score (nSPS) is 21.0. The molecule has 2 saturated heterocycles. The fourth-order valence-corrected chi connectivity index (χ4v) is 7.30. The van der Waals surface area contributed by atoms with Gasteiger partial charge in [0.25, 0.3) is 0 Å². The van der Waals surface area contributed by atoms with E-state index in [2.05, 4.69) is 0 Å². The number of rotatable bonds is 7. The lowest BCUT2D eigenvalue weighted by molar-refractivity contribution is -0.122. The van der Waals surface area contributed by atoms with Gasteiger partial charge in [0, 0.05) is 19.2 Å². The van der Waals surface area contributed by atoms with Gasteiger partial charge in [0.15, 0.2) is 5.13 Å². The summed E-state index contributed by atoms with van der Waals surface area (Å²) in [6.07, 6.45) is 2.82. The highest BCUT2D eigenvalue weighted by atomic mass is 32.2. The predicted octanol–water partition coefficient (Wildman–Crippen LogP) is 3.98. The van der Waals surface area contributed by atoms with E-state index in [1.807, 2.05) is 25.1 Å². The van der Waals surface area contributed by atoms with Crippen molar-refractivity contribution < 1.29 is 22.7 Å². The summed E-state index contributed by atoms with van der Waals surface area (Å²) < 4.78 is 40.4. The molecule has 2 unspecified atom stereocenters. The summed E-state index contributed by atoms with van der Waals surface area (Å²) in [7, 11) is -2.20. The van der Waals surface area contributed by atoms with Crippen LogP contribution in [0.15, 0.2) is 47.4 Å². The molecule has 186 valence electrons. The number of carbonyl (C=O) groups excluding carboxylic acids is 1. The van der Waals surface area contributed by atoms with Gasteiger partial charge in [0.05, 0.1) is 34.9 Å². The topological polar surface area (TPSA) is 89.0 Å². The van der Waals surface area contributed by atoms with Crippen LogP contribution in [-0.2, 0) is 19.6 Å². The fourth-order valence-electron chi connectivity index (χ4n) is 4.69. The van der Waals surface area contributed by atoms with E-state index in [1.165, 1.54) is 15.6 Å². The van der Waals surface area contributed by atoms with E-state index in [9.17, 15) is 13.2 Å². The summed E-state index contributed by atoms with van der Waals surface area (Å²) >= 11 is 1.42. The first-order chi connectivity index (χ1) is 16.9. The number of benzene rings is 2. The van der Waals surface area contributed by atoms with E-state index in [1.54, 1.807) is 36.3 Å². The van der Waals surface area contributed by atoms with Gasteiger partial charge in [-0.3, -0.25) is 9.69 Å². The number of hydrogen-bond acceptors (Lipinski definition) is 7. The van der Waals surface area contributed by atoms with Crippen molar-refractivity contribution >= 4 is 42.6 Å². The maximum Gasteiger partial charge on any atom is 0.247 e. The quantitative estimate of drug-likeness (QED) is 0.473. The van der Waals surface area contributed by atoms with Crippen molar-refractivity contribution in [2.24, 2.45) is 0 Å². The zero-order valence-electron chi connectivity index (χ0n) is 19.8. The number of aromatic nitrogens is 1. The van der Waals surface area contributed by atoms with E-state index in [0.717, 1.165) is 28.6 Å². The Morgan fingerprint density at radius 2 is 2.00 bits per heavy atom. The van der Waals surface area contributed by atoms with Crippen LogP contribution in [0.5, 0.6) is 5.75 Å². The van der Waals surface area contributed by atoms with Crippen LogP contribution < -0.4 is 9.64 Å². The molecule has 1 aromatic heterocycles. The molecule has 0 radical (unpaired) electrons. The number of amides is 1. The van der Waals surface area contributed by atoms with E-state index in [-0.39, 0.29) is 16.9 Å². The number of carbonyl (C=O) groups is 1. The smallest absolute Gasteiger partial charge is 0.247 e. The number of methoxy groups -OCH3 is 1. The third kappa shape index (κ3) is 4.80. The van der Waals surface area contributed by atoms with Gasteiger partial charge in [0.1, 0.15) is 11.8 Å². The van der Waals surface area contributed by atoms with Crippen LogP contribution in [0.2, 0.25) is 0 Å². The van der Waals surface area contributed by atoms with Crippen LogP contribution in [0, 0.1) is 6.92 Å². The summed E-state index contributed by atoms with van der Waals surface area (Å²) in [6.45, 7) is 3.25. The second-order valence-electron chi connectivity index (χ2n) is 9.00. The summed E-state index contributed by atoms with van der Waals surface area (Å²) in [4.78, 5) is 20.6. The molecule has 2 aliphatic rings. The van der Waals surface area contributed by atoms with Gasteiger partial charge in [-0.15, -0.1) is 0 Å². The largest absolute Gasteiger partial charge is 0.497 e. The number of nitrogens with zero attached hydrogens (tertiary/aromatic N) is 3. The van der Waals surface area contributed by atoms with Gasteiger partial charge in [0.2, 0.25) is 15.9 Å². The van der Waals surface area contributed by atoms with Gasteiger partial charge < -0.3 is 9.47 Å². The maximum absolute atomic E-state index is 14.0. The highest BCUT2D eigenvalue weighted by Gasteiger charge is 2.42. The molecule has 2 aliphatic heterocycles. The van der Waals surface area contributed by atoms with E-state index >= 15 is 0 Å². The molecule has 3 aromatic rings. The summed E-state index contributed by atoms with van der Waals surface area (Å²) in [6, 6.07) is 11.6. The number of ether oxygens (including phenoxy) is 2. The Hall–Kier alpha value is -2.53. The van der Waals surface area contributed by atoms with Crippen LogP contribution >= 0.6 is 11.3 Å². The monoisotopic (exact) mass is 515 g/mol. The van der Waals surface area contributed by atoms with Crippen LogP contribution in [0.25, 0.3) is 10.2 Å². The molecular formula is C25H29N3O5S2. The van der Waals surface area contributed by atoms with Gasteiger partial charge in [-0.2, -0.15) is 4.31 Å². The second kappa shape index (κ2) is 9.85. The Labute approximate surface area is 209 Å². The van der Waals surface area contributed by atoms with E-state index < -0.39 is 16.1 Å². The fraction of sp³-hybridized carbons (Fsp3) is 0.440. The van der Waals surface area contributed by atoms with Crippen molar-refractivity contribution in [1.82, 2.24) is 9.29 Å². The molecule has 10 heteroatoms. The molecule has 1 amide bonds. The Bertz CT molecular complexity index is 1320. The first-order valence-electron chi connectivity index (χ1n) is 11.8. The number of fused-ring (bicyclic) bond motifs is 1. The first-order valence-corrected chi connectivity index (χ1v) is 14.1. The zero-order valence-corrected chi connectivity index (χ0v) is 21.5. The van der Waals surface area contributed by atoms with Gasteiger partial charge >= 0.3 is 0 Å². The van der Waals surface area contributed by atoms with Crippen molar-refractivity contribution in [2.45, 2.75) is 49.6 Å². The Morgan fingerprint density at radius 1 is 1.20 bits per heavy atom. The number of sulfonamides is 1. The van der Waals surface area contributed by atoms with Crippen molar-refractivity contribution in [1.29, 1.82) is 0 Å². The summed E-state index contributed by atoms with van der Waals surface area (Å²) in [5.74, 6) is 0.442. The number of hydrogen-bond donors (Lipinski definition) is 0. The molecular weight excluding hydrogens is 486 g/mol. The van der Waals surface area contributed by atoms with E-state index in [0.29, 0.717) is 43.4 Å². The lowest BCUT2D eigenvalue weighted by atomic mass is 10.2. The molecule has 2 aromatic carbocycles. The average molecular weight is 516 g/mol. The standard InChI is InChI=1S/C25H29N3O5S2/c1-17-7-10-20(11-8-17)35(30,31)28-13-3-6-22(28)24(29)27(16-19-5-4-14-33-19)25-26-21-15-18(32-2)9-12-23(21)34-25/h7-12,15,19,22H,3-6,13-14,16H2,1-2H3. The SMILES string of the molecule is COc1ccc2sc(N(CC3CCCO3)C(=O)C3CCCN3S(=O)(=O)c3ccc(C)cc3)nc2c1. The maximum atomic E-state index is 14.0. The summed E-state index contributed by atoms with van der Waals surface area (Å²) in [5.41, 5.74) is 1.72. The Kier molecular flexibility index (Phi) is 6.80. The molecule has 8 nitrogen and oxygen atoms in total. The third-order valence-corrected chi connectivity index (χ3v) is 9.59. The molecule has 0 bridgehead atoms. The minimum Gasteiger partial charge on any atom is -0.497 e. The lowest BCUT2D eigenvalue weighted by Gasteiger charge is -2.29.